The molecular formula is C12H10F3N3O. The van der Waals surface area contributed by atoms with Crippen LogP contribution in [0.3, 0.4) is 0 Å². The third kappa shape index (κ3) is 2.78. The van der Waals surface area contributed by atoms with Gasteiger partial charge < -0.3 is 5.11 Å². The highest BCUT2D eigenvalue weighted by molar-refractivity contribution is 5.93. The summed E-state index contributed by atoms with van der Waals surface area (Å²) in [5, 5.41) is 22.6. The summed E-state index contributed by atoms with van der Waals surface area (Å²) < 4.78 is 37.9. The fourth-order valence-corrected chi connectivity index (χ4v) is 1.87. The van der Waals surface area contributed by atoms with Crippen molar-refractivity contribution in [1.82, 2.24) is 0 Å². The fourth-order valence-electron chi connectivity index (χ4n) is 1.87. The van der Waals surface area contributed by atoms with E-state index in [1.165, 1.54) is 29.3 Å². The number of alkyl halides is 3. The van der Waals surface area contributed by atoms with Crippen LogP contribution in [0, 0.1) is 11.3 Å². The molecule has 1 heterocycles. The van der Waals surface area contributed by atoms with E-state index in [0.29, 0.717) is 5.69 Å². The molecule has 0 amide bonds. The zero-order valence-electron chi connectivity index (χ0n) is 9.72. The first kappa shape index (κ1) is 13.2. The molecule has 1 atom stereocenters. The summed E-state index contributed by atoms with van der Waals surface area (Å²) in [6, 6.07) is 6.87. The Bertz CT molecular complexity index is 531. The summed E-state index contributed by atoms with van der Waals surface area (Å²) in [4.78, 5) is 0. The number of rotatable bonds is 2. The van der Waals surface area contributed by atoms with Gasteiger partial charge in [0.15, 0.2) is 0 Å². The van der Waals surface area contributed by atoms with E-state index in [2.05, 4.69) is 5.10 Å². The first-order valence-corrected chi connectivity index (χ1v) is 5.51. The fraction of sp³-hybridized carbons (Fsp3) is 0.333. The van der Waals surface area contributed by atoms with E-state index in [-0.39, 0.29) is 18.6 Å². The minimum atomic E-state index is -4.49. The number of halogens is 3. The molecule has 7 heteroatoms. The second-order valence-electron chi connectivity index (χ2n) is 4.13. The Labute approximate surface area is 107 Å². The smallest absolute Gasteiger partial charge is 0.431 e. The first-order chi connectivity index (χ1) is 8.91. The second kappa shape index (κ2) is 4.80. The largest absolute Gasteiger partial charge is 0.508 e. The maximum absolute atomic E-state index is 12.6. The number of hydrazone groups is 1. The van der Waals surface area contributed by atoms with Crippen LogP contribution in [0.4, 0.5) is 18.9 Å². The van der Waals surface area contributed by atoms with Crippen molar-refractivity contribution in [2.45, 2.75) is 25.1 Å². The standard InChI is InChI=1S/C12H10F3N3O/c13-12(14,15)11-7-9(5-6-16)18(17-11)8-1-3-10(19)4-2-8/h1-4,9,19H,5,7H2. The number of hydrogen-bond donors (Lipinski definition) is 1. The highest BCUT2D eigenvalue weighted by atomic mass is 19.4. The minimum Gasteiger partial charge on any atom is -0.508 e. The average molecular weight is 269 g/mol. The molecule has 2 rings (SSSR count). The number of phenols is 1. The molecule has 1 unspecified atom stereocenters. The van der Waals surface area contributed by atoms with Crippen LogP contribution in [-0.4, -0.2) is 23.0 Å². The molecular weight excluding hydrogens is 259 g/mol. The summed E-state index contributed by atoms with van der Waals surface area (Å²) in [5.41, 5.74) is -0.474. The van der Waals surface area contributed by atoms with E-state index < -0.39 is 17.9 Å². The Morgan fingerprint density at radius 2 is 2.00 bits per heavy atom. The lowest BCUT2D eigenvalue weighted by Crippen LogP contribution is -2.26. The Morgan fingerprint density at radius 3 is 2.53 bits per heavy atom. The summed E-state index contributed by atoms with van der Waals surface area (Å²) in [7, 11) is 0. The van der Waals surface area contributed by atoms with E-state index in [0.717, 1.165) is 0 Å². The van der Waals surface area contributed by atoms with Crippen LogP contribution in [0.15, 0.2) is 29.4 Å². The Kier molecular flexibility index (Phi) is 3.34. The van der Waals surface area contributed by atoms with Crippen molar-refractivity contribution in [3.63, 3.8) is 0 Å². The van der Waals surface area contributed by atoms with Gasteiger partial charge in [0, 0.05) is 6.42 Å². The van der Waals surface area contributed by atoms with Crippen LogP contribution in [-0.2, 0) is 0 Å². The third-order valence-corrected chi connectivity index (χ3v) is 2.77. The van der Waals surface area contributed by atoms with E-state index >= 15 is 0 Å². The van der Waals surface area contributed by atoms with Crippen LogP contribution >= 0.6 is 0 Å². The number of benzene rings is 1. The van der Waals surface area contributed by atoms with E-state index in [1.54, 1.807) is 0 Å². The SMILES string of the molecule is N#CCC1CC(C(F)(F)F)=NN1c1ccc(O)cc1. The summed E-state index contributed by atoms with van der Waals surface area (Å²) >= 11 is 0. The Balaban J connectivity index is 2.32. The van der Waals surface area contributed by atoms with Crippen LogP contribution in [0.25, 0.3) is 0 Å². The normalized spacial score (nSPS) is 19.2. The Hall–Kier alpha value is -2.23. The van der Waals surface area contributed by atoms with Crippen molar-refractivity contribution < 1.29 is 18.3 Å². The summed E-state index contributed by atoms with van der Waals surface area (Å²) in [6.07, 6.45) is -4.85. The van der Waals surface area contributed by atoms with Gasteiger partial charge in [-0.3, -0.25) is 5.01 Å². The van der Waals surface area contributed by atoms with Crippen LogP contribution in [0.5, 0.6) is 5.75 Å². The second-order valence-corrected chi connectivity index (χ2v) is 4.13. The van der Waals surface area contributed by atoms with Gasteiger partial charge in [-0.05, 0) is 24.3 Å². The molecule has 4 nitrogen and oxygen atoms in total. The summed E-state index contributed by atoms with van der Waals surface area (Å²) in [5.74, 6) is 0.0137. The molecule has 19 heavy (non-hydrogen) atoms. The molecule has 0 bridgehead atoms. The molecule has 0 spiro atoms. The highest BCUT2D eigenvalue weighted by Crippen LogP contribution is 2.32. The maximum atomic E-state index is 12.6. The van der Waals surface area contributed by atoms with Gasteiger partial charge >= 0.3 is 6.18 Å². The van der Waals surface area contributed by atoms with Crippen molar-refractivity contribution in [1.29, 1.82) is 5.26 Å². The van der Waals surface area contributed by atoms with Gasteiger partial charge in [0.2, 0.25) is 0 Å². The van der Waals surface area contributed by atoms with Gasteiger partial charge in [0.05, 0.1) is 24.2 Å². The molecule has 100 valence electrons. The lowest BCUT2D eigenvalue weighted by atomic mass is 10.1. The monoisotopic (exact) mass is 269 g/mol. The van der Waals surface area contributed by atoms with E-state index in [9.17, 15) is 13.2 Å². The van der Waals surface area contributed by atoms with Gasteiger partial charge in [0.25, 0.3) is 0 Å². The minimum absolute atomic E-state index is 0.0137. The zero-order chi connectivity index (χ0) is 14.0. The van der Waals surface area contributed by atoms with Crippen molar-refractivity contribution in [3.05, 3.63) is 24.3 Å². The summed E-state index contributed by atoms with van der Waals surface area (Å²) in [6.45, 7) is 0. The van der Waals surface area contributed by atoms with Gasteiger partial charge in [-0.25, -0.2) is 0 Å². The lowest BCUT2D eigenvalue weighted by molar-refractivity contribution is -0.0600. The number of nitriles is 1. The van der Waals surface area contributed by atoms with E-state index in [4.69, 9.17) is 10.4 Å². The number of nitrogens with zero attached hydrogens (tertiary/aromatic N) is 3. The molecule has 1 N–H and O–H groups in total. The van der Waals surface area contributed by atoms with E-state index in [1.807, 2.05) is 6.07 Å². The first-order valence-electron chi connectivity index (χ1n) is 5.51. The number of aromatic hydroxyl groups is 1. The maximum Gasteiger partial charge on any atom is 0.431 e. The number of anilines is 1. The number of hydrogen-bond acceptors (Lipinski definition) is 4. The number of phenolic OH excluding ortho intramolecular Hbond substituents is 1. The zero-order valence-corrected chi connectivity index (χ0v) is 9.72. The van der Waals surface area contributed by atoms with Gasteiger partial charge in [-0.15, -0.1) is 0 Å². The molecule has 0 saturated carbocycles. The molecule has 0 saturated heterocycles. The molecule has 1 aromatic carbocycles. The van der Waals surface area contributed by atoms with Crippen LogP contribution in [0.1, 0.15) is 12.8 Å². The van der Waals surface area contributed by atoms with Crippen molar-refractivity contribution in [3.8, 4) is 11.8 Å². The highest BCUT2D eigenvalue weighted by Gasteiger charge is 2.42. The van der Waals surface area contributed by atoms with Crippen molar-refractivity contribution in [2.75, 3.05) is 5.01 Å². The van der Waals surface area contributed by atoms with Gasteiger partial charge in [-0.2, -0.15) is 23.5 Å². The molecule has 1 aromatic rings. The quantitative estimate of drug-likeness (QED) is 0.898. The van der Waals surface area contributed by atoms with Crippen LogP contribution in [0.2, 0.25) is 0 Å². The molecule has 0 aromatic heterocycles. The predicted molar refractivity (Wildman–Crippen MR) is 62.7 cm³/mol. The van der Waals surface area contributed by atoms with Crippen LogP contribution < -0.4 is 5.01 Å². The molecule has 0 fully saturated rings. The van der Waals surface area contributed by atoms with Gasteiger partial charge in [0.1, 0.15) is 11.5 Å². The predicted octanol–water partition coefficient (Wildman–Crippen LogP) is 2.80. The molecule has 1 aliphatic rings. The molecule has 0 radical (unpaired) electrons. The average Bonchev–Trinajstić information content (AvgIpc) is 2.74. The topological polar surface area (TPSA) is 59.6 Å². The molecule has 0 aliphatic carbocycles. The third-order valence-electron chi connectivity index (χ3n) is 2.77. The van der Waals surface area contributed by atoms with Gasteiger partial charge in [-0.1, -0.05) is 0 Å². The lowest BCUT2D eigenvalue weighted by Gasteiger charge is -2.21. The molecule has 1 aliphatic heterocycles. The Morgan fingerprint density at radius 1 is 1.37 bits per heavy atom. The van der Waals surface area contributed by atoms with Crippen molar-refractivity contribution in [2.24, 2.45) is 5.10 Å². The van der Waals surface area contributed by atoms with Crippen molar-refractivity contribution >= 4 is 11.4 Å².